The van der Waals surface area contributed by atoms with E-state index in [1.54, 1.807) is 18.8 Å². The lowest BCUT2D eigenvalue weighted by molar-refractivity contribution is -0.133. The quantitative estimate of drug-likeness (QED) is 0.644. The molecule has 0 bridgehead atoms. The average Bonchev–Trinajstić information content (AvgIpc) is 2.60. The maximum Gasteiger partial charge on any atom is 0.338 e. The highest BCUT2D eigenvalue weighted by atomic mass is 32.2. The van der Waals surface area contributed by atoms with E-state index in [0.717, 1.165) is 10.5 Å². The van der Waals surface area contributed by atoms with Crippen LogP contribution in [-0.2, 0) is 16.1 Å². The molecule has 126 valence electrons. The summed E-state index contributed by atoms with van der Waals surface area (Å²) in [5.74, 6) is -0.813. The number of phenols is 1. The summed E-state index contributed by atoms with van der Waals surface area (Å²) in [6, 6.07) is 13.6. The van der Waals surface area contributed by atoms with E-state index >= 15 is 0 Å². The summed E-state index contributed by atoms with van der Waals surface area (Å²) in [5.41, 5.74) is 1.30. The zero-order valence-electron chi connectivity index (χ0n) is 13.6. The molecule has 24 heavy (non-hydrogen) atoms. The summed E-state index contributed by atoms with van der Waals surface area (Å²) >= 11 is 1.66. The molecule has 0 atom stereocenters. The molecule has 2 aromatic rings. The molecule has 0 radical (unpaired) electrons. The molecule has 0 fully saturated rings. The van der Waals surface area contributed by atoms with Crippen LogP contribution in [0.2, 0.25) is 0 Å². The van der Waals surface area contributed by atoms with Crippen molar-refractivity contribution < 1.29 is 19.4 Å². The van der Waals surface area contributed by atoms with Gasteiger partial charge < -0.3 is 14.7 Å². The van der Waals surface area contributed by atoms with Gasteiger partial charge in [0.25, 0.3) is 5.91 Å². The van der Waals surface area contributed by atoms with Crippen LogP contribution in [0.4, 0.5) is 0 Å². The summed E-state index contributed by atoms with van der Waals surface area (Å²) in [7, 11) is 1.67. The van der Waals surface area contributed by atoms with Gasteiger partial charge >= 0.3 is 5.97 Å². The Morgan fingerprint density at radius 3 is 2.29 bits per heavy atom. The van der Waals surface area contributed by atoms with Crippen LogP contribution in [-0.4, -0.2) is 41.8 Å². The Morgan fingerprint density at radius 1 is 1.08 bits per heavy atom. The fourth-order valence-corrected chi connectivity index (χ4v) is 2.42. The number of likely N-dealkylation sites (N-methyl/N-ethyl adjacent to an activating group) is 1. The number of nitrogens with zero attached hydrogens (tertiary/aromatic N) is 1. The van der Waals surface area contributed by atoms with E-state index in [1.807, 2.05) is 30.5 Å². The molecule has 1 amide bonds. The number of carbonyl (C=O) groups excluding carboxylic acids is 2. The number of aromatic hydroxyl groups is 1. The highest BCUT2D eigenvalue weighted by molar-refractivity contribution is 7.98. The first-order valence-corrected chi connectivity index (χ1v) is 8.55. The molecule has 0 aliphatic rings. The second-order valence-corrected chi connectivity index (χ2v) is 6.10. The van der Waals surface area contributed by atoms with Gasteiger partial charge in [0, 0.05) is 18.5 Å². The van der Waals surface area contributed by atoms with E-state index in [9.17, 15) is 14.7 Å². The Bertz CT molecular complexity index is 698. The molecular formula is C18H19NO4S. The predicted molar refractivity (Wildman–Crippen MR) is 93.1 cm³/mol. The fraction of sp³-hybridized carbons (Fsp3) is 0.222. The molecule has 5 nitrogen and oxygen atoms in total. The second kappa shape index (κ2) is 8.40. The van der Waals surface area contributed by atoms with Crippen molar-refractivity contribution in [3.63, 3.8) is 0 Å². The molecule has 0 spiro atoms. The predicted octanol–water partition coefficient (Wildman–Crippen LogP) is 2.93. The molecule has 6 heteroatoms. The molecule has 0 aliphatic heterocycles. The van der Waals surface area contributed by atoms with Crippen molar-refractivity contribution in [3.05, 3.63) is 59.7 Å². The van der Waals surface area contributed by atoms with E-state index < -0.39 is 5.97 Å². The third-order valence-electron chi connectivity index (χ3n) is 3.43. The lowest BCUT2D eigenvalue weighted by Gasteiger charge is -2.17. The highest BCUT2D eigenvalue weighted by Crippen LogP contribution is 2.15. The number of thioether (sulfide) groups is 1. The summed E-state index contributed by atoms with van der Waals surface area (Å²) < 4.78 is 5.01. The van der Waals surface area contributed by atoms with Crippen LogP contribution in [0.25, 0.3) is 0 Å². The van der Waals surface area contributed by atoms with Gasteiger partial charge in [0.15, 0.2) is 6.61 Å². The topological polar surface area (TPSA) is 66.8 Å². The third-order valence-corrected chi connectivity index (χ3v) is 4.18. The van der Waals surface area contributed by atoms with Gasteiger partial charge in [-0.05, 0) is 48.2 Å². The normalized spacial score (nSPS) is 10.2. The van der Waals surface area contributed by atoms with Crippen LogP contribution in [0.15, 0.2) is 53.4 Å². The number of benzene rings is 2. The Morgan fingerprint density at radius 2 is 1.71 bits per heavy atom. The molecule has 0 saturated heterocycles. The molecule has 2 aromatic carbocycles. The van der Waals surface area contributed by atoms with Crippen molar-refractivity contribution in [1.82, 2.24) is 4.90 Å². The van der Waals surface area contributed by atoms with Crippen LogP contribution in [0.1, 0.15) is 15.9 Å². The first-order chi connectivity index (χ1) is 11.5. The largest absolute Gasteiger partial charge is 0.508 e. The first kappa shape index (κ1) is 17.9. The zero-order chi connectivity index (χ0) is 17.5. The van der Waals surface area contributed by atoms with Gasteiger partial charge in [0.1, 0.15) is 5.75 Å². The molecule has 0 saturated carbocycles. The van der Waals surface area contributed by atoms with Gasteiger partial charge in [-0.25, -0.2) is 4.79 Å². The van der Waals surface area contributed by atoms with Gasteiger partial charge in [-0.15, -0.1) is 11.8 Å². The highest BCUT2D eigenvalue weighted by Gasteiger charge is 2.14. The maximum absolute atomic E-state index is 12.1. The summed E-state index contributed by atoms with van der Waals surface area (Å²) in [5, 5.41) is 9.19. The molecule has 0 heterocycles. The number of amides is 1. The van der Waals surface area contributed by atoms with Crippen molar-refractivity contribution in [1.29, 1.82) is 0 Å². The third kappa shape index (κ3) is 5.03. The van der Waals surface area contributed by atoms with Crippen LogP contribution >= 0.6 is 11.8 Å². The standard InChI is InChI=1S/C18H19NO4S/c1-19(11-13-3-9-16(24-2)10-4-13)17(21)12-23-18(22)14-5-7-15(20)8-6-14/h3-10,20H,11-12H2,1-2H3. The zero-order valence-corrected chi connectivity index (χ0v) is 14.4. The molecule has 1 N–H and O–H groups in total. The Balaban J connectivity index is 1.84. The number of ether oxygens (including phenoxy) is 1. The summed E-state index contributed by atoms with van der Waals surface area (Å²) in [4.78, 5) is 26.6. The average molecular weight is 345 g/mol. The van der Waals surface area contributed by atoms with Crippen LogP contribution in [0, 0.1) is 0 Å². The number of rotatable bonds is 6. The number of hydrogen-bond donors (Lipinski definition) is 1. The minimum Gasteiger partial charge on any atom is -0.508 e. The van der Waals surface area contributed by atoms with E-state index in [2.05, 4.69) is 0 Å². The molecule has 0 unspecified atom stereocenters. The Hall–Kier alpha value is -2.47. The first-order valence-electron chi connectivity index (χ1n) is 7.32. The van der Waals surface area contributed by atoms with Gasteiger partial charge in [0.05, 0.1) is 5.56 Å². The molecule has 0 aliphatic carbocycles. The smallest absolute Gasteiger partial charge is 0.338 e. The second-order valence-electron chi connectivity index (χ2n) is 5.22. The number of esters is 1. The van der Waals surface area contributed by atoms with Gasteiger partial charge in [-0.1, -0.05) is 12.1 Å². The van der Waals surface area contributed by atoms with Crippen LogP contribution in [0.5, 0.6) is 5.75 Å². The van der Waals surface area contributed by atoms with Crippen LogP contribution in [0.3, 0.4) is 0 Å². The van der Waals surface area contributed by atoms with E-state index in [0.29, 0.717) is 6.54 Å². The Labute approximate surface area is 145 Å². The minimum atomic E-state index is -0.596. The Kier molecular flexibility index (Phi) is 6.26. The summed E-state index contributed by atoms with van der Waals surface area (Å²) in [6.45, 7) is 0.128. The minimum absolute atomic E-state index is 0.0647. The van der Waals surface area contributed by atoms with Gasteiger partial charge in [0.2, 0.25) is 0 Å². The molecular weight excluding hydrogens is 326 g/mol. The molecule has 2 rings (SSSR count). The van der Waals surface area contributed by atoms with Crippen molar-refractivity contribution in [2.24, 2.45) is 0 Å². The van der Waals surface area contributed by atoms with E-state index in [-0.39, 0.29) is 23.8 Å². The van der Waals surface area contributed by atoms with E-state index in [4.69, 9.17) is 4.74 Å². The SMILES string of the molecule is CSc1ccc(CN(C)C(=O)COC(=O)c2ccc(O)cc2)cc1. The van der Waals surface area contributed by atoms with Crippen molar-refractivity contribution in [2.45, 2.75) is 11.4 Å². The van der Waals surface area contributed by atoms with E-state index in [1.165, 1.54) is 29.2 Å². The number of phenolic OH excluding ortho intramolecular Hbond substituents is 1. The van der Waals surface area contributed by atoms with Crippen LogP contribution < -0.4 is 0 Å². The molecule has 0 aromatic heterocycles. The van der Waals surface area contributed by atoms with Crippen molar-refractivity contribution in [3.8, 4) is 5.75 Å². The maximum atomic E-state index is 12.1. The number of hydrogen-bond acceptors (Lipinski definition) is 5. The van der Waals surface area contributed by atoms with Gasteiger partial charge in [-0.2, -0.15) is 0 Å². The van der Waals surface area contributed by atoms with Crippen molar-refractivity contribution >= 4 is 23.6 Å². The van der Waals surface area contributed by atoms with Crippen molar-refractivity contribution in [2.75, 3.05) is 19.9 Å². The lowest BCUT2D eigenvalue weighted by Crippen LogP contribution is -2.30. The van der Waals surface area contributed by atoms with Gasteiger partial charge in [-0.3, -0.25) is 4.79 Å². The lowest BCUT2D eigenvalue weighted by atomic mass is 10.2. The monoisotopic (exact) mass is 345 g/mol. The fourth-order valence-electron chi connectivity index (χ4n) is 2.01. The number of carbonyl (C=O) groups is 2. The summed E-state index contributed by atoms with van der Waals surface area (Å²) in [6.07, 6.45) is 2.01.